The summed E-state index contributed by atoms with van der Waals surface area (Å²) < 4.78 is 14.4. The lowest BCUT2D eigenvalue weighted by atomic mass is 10.0. The Balaban J connectivity index is 1.68. The zero-order valence-corrected chi connectivity index (χ0v) is 20.4. The average Bonchev–Trinajstić information content (AvgIpc) is 3.37. The minimum atomic E-state index is -0.756. The molecule has 35 heavy (non-hydrogen) atoms. The van der Waals surface area contributed by atoms with Crippen molar-refractivity contribution in [3.63, 3.8) is 0 Å². The van der Waals surface area contributed by atoms with E-state index in [1.165, 1.54) is 6.07 Å². The highest BCUT2D eigenvalue weighted by atomic mass is 35.5. The van der Waals surface area contributed by atoms with E-state index in [1.54, 1.807) is 29.2 Å². The molecule has 0 radical (unpaired) electrons. The molecule has 1 saturated carbocycles. The van der Waals surface area contributed by atoms with Gasteiger partial charge in [0.25, 0.3) is 0 Å². The summed E-state index contributed by atoms with van der Waals surface area (Å²) >= 11 is 6.44. The molecule has 1 fully saturated rings. The second-order valence-electron chi connectivity index (χ2n) is 9.08. The summed E-state index contributed by atoms with van der Waals surface area (Å²) in [6.45, 7) is 0.155. The largest absolute Gasteiger partial charge is 0.352 e. The summed E-state index contributed by atoms with van der Waals surface area (Å²) in [7, 11) is 0. The number of hydrogen-bond acceptors (Lipinski definition) is 2. The molecule has 0 aliphatic heterocycles. The molecule has 1 aliphatic rings. The predicted octanol–water partition coefficient (Wildman–Crippen LogP) is 5.72. The molecular weight excluding hydrogens is 463 g/mol. The van der Waals surface area contributed by atoms with Crippen LogP contribution in [0.3, 0.4) is 0 Å². The van der Waals surface area contributed by atoms with Gasteiger partial charge in [0.05, 0.1) is 6.42 Å². The van der Waals surface area contributed by atoms with Crippen LogP contribution in [0, 0.1) is 5.82 Å². The molecule has 1 N–H and O–H groups in total. The molecule has 4 nitrogen and oxygen atoms in total. The monoisotopic (exact) mass is 492 g/mol. The molecule has 1 aliphatic carbocycles. The number of nitrogens with zero attached hydrogens (tertiary/aromatic N) is 1. The molecule has 3 aromatic carbocycles. The van der Waals surface area contributed by atoms with Gasteiger partial charge >= 0.3 is 0 Å². The second kappa shape index (κ2) is 12.0. The fraction of sp³-hybridized carbons (Fsp3) is 0.310. The summed E-state index contributed by atoms with van der Waals surface area (Å²) in [6.07, 6.45) is 4.27. The number of benzene rings is 3. The third-order valence-electron chi connectivity index (χ3n) is 6.57. The van der Waals surface area contributed by atoms with Crippen LogP contribution in [0.5, 0.6) is 0 Å². The van der Waals surface area contributed by atoms with E-state index >= 15 is 0 Å². The normalized spacial score (nSPS) is 14.5. The molecule has 6 heteroatoms. The van der Waals surface area contributed by atoms with E-state index in [4.69, 9.17) is 11.6 Å². The third-order valence-corrected chi connectivity index (χ3v) is 6.94. The van der Waals surface area contributed by atoms with E-state index in [2.05, 4.69) is 5.32 Å². The van der Waals surface area contributed by atoms with E-state index in [0.29, 0.717) is 17.0 Å². The van der Waals surface area contributed by atoms with Crippen LogP contribution in [-0.2, 0) is 29.0 Å². The van der Waals surface area contributed by atoms with Gasteiger partial charge < -0.3 is 10.2 Å². The van der Waals surface area contributed by atoms with Gasteiger partial charge in [0.15, 0.2) is 0 Å². The van der Waals surface area contributed by atoms with Crippen molar-refractivity contribution in [1.82, 2.24) is 10.2 Å². The first-order chi connectivity index (χ1) is 17.0. The fourth-order valence-corrected chi connectivity index (χ4v) is 4.83. The molecule has 0 heterocycles. The van der Waals surface area contributed by atoms with Crippen LogP contribution in [0.1, 0.15) is 42.4 Å². The molecule has 0 unspecified atom stereocenters. The fourth-order valence-electron chi connectivity index (χ4n) is 4.64. The lowest BCUT2D eigenvalue weighted by Gasteiger charge is -2.32. The third kappa shape index (κ3) is 6.70. The van der Waals surface area contributed by atoms with Crippen LogP contribution < -0.4 is 5.32 Å². The number of carbonyl (C=O) groups is 2. The Bertz CT molecular complexity index is 1150. The van der Waals surface area contributed by atoms with E-state index in [-0.39, 0.29) is 30.8 Å². The van der Waals surface area contributed by atoms with Gasteiger partial charge in [-0.25, -0.2) is 4.39 Å². The van der Waals surface area contributed by atoms with Gasteiger partial charge in [-0.15, -0.1) is 0 Å². The maximum absolute atomic E-state index is 14.4. The Kier molecular flexibility index (Phi) is 8.54. The first-order valence-corrected chi connectivity index (χ1v) is 12.5. The molecular formula is C29H30ClFN2O2. The maximum Gasteiger partial charge on any atom is 0.243 e. The van der Waals surface area contributed by atoms with Crippen molar-refractivity contribution >= 4 is 23.4 Å². The molecule has 2 amide bonds. The molecule has 0 saturated heterocycles. The molecule has 0 bridgehead atoms. The van der Waals surface area contributed by atoms with Crippen LogP contribution in [0.25, 0.3) is 0 Å². The first kappa shape index (κ1) is 24.9. The Hall–Kier alpha value is -3.18. The minimum Gasteiger partial charge on any atom is -0.352 e. The van der Waals surface area contributed by atoms with Crippen molar-refractivity contribution in [1.29, 1.82) is 0 Å². The maximum atomic E-state index is 14.4. The van der Waals surface area contributed by atoms with Crippen molar-refractivity contribution in [3.05, 3.63) is 106 Å². The van der Waals surface area contributed by atoms with Gasteiger partial charge in [0.2, 0.25) is 11.8 Å². The second-order valence-corrected chi connectivity index (χ2v) is 9.48. The van der Waals surface area contributed by atoms with Crippen molar-refractivity contribution < 1.29 is 14.0 Å². The Labute approximate surface area is 211 Å². The summed E-state index contributed by atoms with van der Waals surface area (Å²) in [6, 6.07) is 22.5. The number of amides is 2. The lowest BCUT2D eigenvalue weighted by molar-refractivity contribution is -0.141. The van der Waals surface area contributed by atoms with Crippen molar-refractivity contribution in [3.8, 4) is 0 Å². The Morgan fingerprint density at radius 1 is 0.914 bits per heavy atom. The van der Waals surface area contributed by atoms with Crippen LogP contribution in [0.15, 0.2) is 78.9 Å². The molecule has 1 atom stereocenters. The van der Waals surface area contributed by atoms with Crippen molar-refractivity contribution in [2.24, 2.45) is 0 Å². The van der Waals surface area contributed by atoms with Crippen molar-refractivity contribution in [2.45, 2.75) is 57.2 Å². The number of carbonyl (C=O) groups excluding carboxylic acids is 2. The average molecular weight is 493 g/mol. The van der Waals surface area contributed by atoms with Crippen LogP contribution in [0.2, 0.25) is 5.02 Å². The summed E-state index contributed by atoms with van der Waals surface area (Å²) in [4.78, 5) is 28.9. The van der Waals surface area contributed by atoms with Crippen LogP contribution in [-0.4, -0.2) is 28.8 Å². The number of rotatable bonds is 9. The SMILES string of the molecule is O=C(NC1CCCC1)[C@H](Cc1ccccc1)N(Cc1ccccc1Cl)C(=O)Cc1ccccc1F. The molecule has 3 aromatic rings. The van der Waals surface area contributed by atoms with Gasteiger partial charge in [-0.05, 0) is 41.7 Å². The van der Waals surface area contributed by atoms with Crippen LogP contribution >= 0.6 is 11.6 Å². The van der Waals surface area contributed by atoms with Gasteiger partial charge in [-0.3, -0.25) is 9.59 Å². The highest BCUT2D eigenvalue weighted by Gasteiger charge is 2.32. The van der Waals surface area contributed by atoms with Gasteiger partial charge in [-0.1, -0.05) is 91.2 Å². The zero-order valence-electron chi connectivity index (χ0n) is 19.6. The topological polar surface area (TPSA) is 49.4 Å². The number of hydrogen-bond donors (Lipinski definition) is 1. The lowest BCUT2D eigenvalue weighted by Crippen LogP contribution is -2.52. The van der Waals surface area contributed by atoms with E-state index in [0.717, 1.165) is 36.8 Å². The smallest absolute Gasteiger partial charge is 0.243 e. The zero-order chi connectivity index (χ0) is 24.6. The summed E-state index contributed by atoms with van der Waals surface area (Å²) in [5.74, 6) is -0.944. The molecule has 0 spiro atoms. The predicted molar refractivity (Wildman–Crippen MR) is 136 cm³/mol. The highest BCUT2D eigenvalue weighted by molar-refractivity contribution is 6.31. The minimum absolute atomic E-state index is 0.115. The van der Waals surface area contributed by atoms with E-state index in [1.807, 2.05) is 48.5 Å². The Morgan fingerprint density at radius 2 is 1.54 bits per heavy atom. The summed E-state index contributed by atoms with van der Waals surface area (Å²) in [5, 5.41) is 3.69. The molecule has 182 valence electrons. The number of halogens is 2. The van der Waals surface area contributed by atoms with E-state index in [9.17, 15) is 14.0 Å². The van der Waals surface area contributed by atoms with Gasteiger partial charge in [0.1, 0.15) is 11.9 Å². The van der Waals surface area contributed by atoms with Gasteiger partial charge in [-0.2, -0.15) is 0 Å². The number of nitrogens with one attached hydrogen (secondary N) is 1. The van der Waals surface area contributed by atoms with E-state index < -0.39 is 11.9 Å². The molecule has 4 rings (SSSR count). The molecule has 0 aromatic heterocycles. The van der Waals surface area contributed by atoms with Gasteiger partial charge in [0, 0.05) is 24.0 Å². The first-order valence-electron chi connectivity index (χ1n) is 12.1. The highest BCUT2D eigenvalue weighted by Crippen LogP contribution is 2.23. The van der Waals surface area contributed by atoms with Crippen LogP contribution in [0.4, 0.5) is 4.39 Å². The van der Waals surface area contributed by atoms with Crippen molar-refractivity contribution in [2.75, 3.05) is 0 Å². The quantitative estimate of drug-likeness (QED) is 0.415. The standard InChI is InChI=1S/C29H30ClFN2O2/c30-25-16-8-4-13-23(25)20-33(28(34)19-22-12-5-9-17-26(22)31)27(18-21-10-2-1-3-11-21)29(35)32-24-14-6-7-15-24/h1-5,8-13,16-17,24,27H,6-7,14-15,18-20H2,(H,32,35)/t27-/m0/s1. The summed E-state index contributed by atoms with van der Waals surface area (Å²) in [5.41, 5.74) is 1.99. The Morgan fingerprint density at radius 3 is 2.23 bits per heavy atom.